The Labute approximate surface area is 116 Å². The van der Waals surface area contributed by atoms with Gasteiger partial charge in [-0.05, 0) is 38.3 Å². The fraction of sp³-hybridized carbons (Fsp3) is 0.562. The lowest BCUT2D eigenvalue weighted by Crippen LogP contribution is -2.28. The summed E-state index contributed by atoms with van der Waals surface area (Å²) < 4.78 is 0. The van der Waals surface area contributed by atoms with Crippen molar-refractivity contribution in [2.45, 2.75) is 33.2 Å². The molecule has 1 saturated heterocycles. The molecule has 1 aliphatic heterocycles. The Morgan fingerprint density at radius 2 is 1.95 bits per heavy atom. The standard InChI is InChI=1S/C16H23N3/c1-16(2,12-17)13-18-11-14-7-3-4-8-15(14)19-9-5-6-10-19/h3-4,7-8,18H,5-6,9-11,13H2,1-2H3. The Morgan fingerprint density at radius 1 is 1.26 bits per heavy atom. The summed E-state index contributed by atoms with van der Waals surface area (Å²) >= 11 is 0. The van der Waals surface area contributed by atoms with E-state index in [0.29, 0.717) is 0 Å². The highest BCUT2D eigenvalue weighted by molar-refractivity contribution is 5.54. The van der Waals surface area contributed by atoms with Crippen LogP contribution in [0.25, 0.3) is 0 Å². The number of rotatable bonds is 5. The zero-order valence-corrected chi connectivity index (χ0v) is 11.9. The average Bonchev–Trinajstić information content (AvgIpc) is 2.93. The first kappa shape index (κ1) is 13.9. The second kappa shape index (κ2) is 6.08. The molecule has 0 atom stereocenters. The van der Waals surface area contributed by atoms with Crippen molar-refractivity contribution in [3.05, 3.63) is 29.8 Å². The zero-order valence-electron chi connectivity index (χ0n) is 11.9. The minimum Gasteiger partial charge on any atom is -0.371 e. The molecular weight excluding hydrogens is 234 g/mol. The number of anilines is 1. The Morgan fingerprint density at radius 3 is 2.63 bits per heavy atom. The van der Waals surface area contributed by atoms with Crippen LogP contribution in [0.15, 0.2) is 24.3 Å². The normalized spacial score (nSPS) is 15.5. The van der Waals surface area contributed by atoms with E-state index < -0.39 is 0 Å². The maximum absolute atomic E-state index is 9.02. The third kappa shape index (κ3) is 3.71. The molecule has 3 heteroatoms. The Bertz CT molecular complexity index is 453. The maximum atomic E-state index is 9.02. The summed E-state index contributed by atoms with van der Waals surface area (Å²) in [4.78, 5) is 2.46. The molecule has 1 heterocycles. The van der Waals surface area contributed by atoms with Crippen LogP contribution in [-0.4, -0.2) is 19.6 Å². The SMILES string of the molecule is CC(C)(C#N)CNCc1ccccc1N1CCCC1. The van der Waals surface area contributed by atoms with E-state index in [1.165, 1.54) is 37.2 Å². The van der Waals surface area contributed by atoms with Crippen molar-refractivity contribution >= 4 is 5.69 Å². The molecule has 1 aromatic carbocycles. The Balaban J connectivity index is 1.98. The van der Waals surface area contributed by atoms with Gasteiger partial charge in [0.2, 0.25) is 0 Å². The van der Waals surface area contributed by atoms with Crippen LogP contribution in [0.4, 0.5) is 5.69 Å². The molecular formula is C16H23N3. The second-order valence-electron chi connectivity index (χ2n) is 5.92. The van der Waals surface area contributed by atoms with E-state index in [4.69, 9.17) is 5.26 Å². The van der Waals surface area contributed by atoms with Gasteiger partial charge < -0.3 is 10.2 Å². The van der Waals surface area contributed by atoms with Crippen LogP contribution in [0, 0.1) is 16.7 Å². The fourth-order valence-corrected chi connectivity index (χ4v) is 2.48. The summed E-state index contributed by atoms with van der Waals surface area (Å²) in [5.74, 6) is 0. The average molecular weight is 257 g/mol. The van der Waals surface area contributed by atoms with Gasteiger partial charge in [0, 0.05) is 31.9 Å². The van der Waals surface area contributed by atoms with Gasteiger partial charge in [-0.25, -0.2) is 0 Å². The van der Waals surface area contributed by atoms with Crippen LogP contribution in [0.1, 0.15) is 32.3 Å². The summed E-state index contributed by atoms with van der Waals surface area (Å²) in [6.07, 6.45) is 2.59. The van der Waals surface area contributed by atoms with Crippen LogP contribution >= 0.6 is 0 Å². The number of nitriles is 1. The van der Waals surface area contributed by atoms with E-state index in [1.807, 2.05) is 13.8 Å². The molecule has 0 bridgehead atoms. The first-order chi connectivity index (χ1) is 9.12. The van der Waals surface area contributed by atoms with Crippen molar-refractivity contribution < 1.29 is 0 Å². The molecule has 0 radical (unpaired) electrons. The number of para-hydroxylation sites is 1. The molecule has 0 amide bonds. The van der Waals surface area contributed by atoms with Crippen molar-refractivity contribution in [3.8, 4) is 6.07 Å². The van der Waals surface area contributed by atoms with Gasteiger partial charge in [0.15, 0.2) is 0 Å². The second-order valence-corrected chi connectivity index (χ2v) is 5.92. The van der Waals surface area contributed by atoms with Crippen LogP contribution in [0.5, 0.6) is 0 Å². The van der Waals surface area contributed by atoms with Crippen molar-refractivity contribution in [3.63, 3.8) is 0 Å². The smallest absolute Gasteiger partial charge is 0.0697 e. The molecule has 1 fully saturated rings. The summed E-state index contributed by atoms with van der Waals surface area (Å²) in [6, 6.07) is 10.9. The van der Waals surface area contributed by atoms with Gasteiger partial charge in [0.05, 0.1) is 11.5 Å². The van der Waals surface area contributed by atoms with Gasteiger partial charge in [-0.15, -0.1) is 0 Å². The highest BCUT2D eigenvalue weighted by atomic mass is 15.1. The third-order valence-corrected chi connectivity index (χ3v) is 3.62. The van der Waals surface area contributed by atoms with Crippen LogP contribution in [-0.2, 0) is 6.54 Å². The third-order valence-electron chi connectivity index (χ3n) is 3.62. The van der Waals surface area contributed by atoms with E-state index >= 15 is 0 Å². The lowest BCUT2D eigenvalue weighted by atomic mass is 9.96. The molecule has 19 heavy (non-hydrogen) atoms. The van der Waals surface area contributed by atoms with E-state index in [-0.39, 0.29) is 5.41 Å². The Hall–Kier alpha value is -1.53. The van der Waals surface area contributed by atoms with Gasteiger partial charge in [-0.2, -0.15) is 5.26 Å². The topological polar surface area (TPSA) is 39.1 Å². The number of hydrogen-bond acceptors (Lipinski definition) is 3. The van der Waals surface area contributed by atoms with E-state index in [2.05, 4.69) is 40.6 Å². The molecule has 0 aromatic heterocycles. The first-order valence-electron chi connectivity index (χ1n) is 7.07. The minimum atomic E-state index is -0.303. The number of benzene rings is 1. The van der Waals surface area contributed by atoms with Gasteiger partial charge in [-0.3, -0.25) is 0 Å². The minimum absolute atomic E-state index is 0.303. The number of hydrogen-bond donors (Lipinski definition) is 1. The highest BCUT2D eigenvalue weighted by Crippen LogP contribution is 2.24. The predicted molar refractivity (Wildman–Crippen MR) is 79.0 cm³/mol. The molecule has 0 aliphatic carbocycles. The monoisotopic (exact) mass is 257 g/mol. The van der Waals surface area contributed by atoms with Crippen LogP contribution in [0.2, 0.25) is 0 Å². The lowest BCUT2D eigenvalue weighted by molar-refractivity contribution is 0.445. The molecule has 0 saturated carbocycles. The van der Waals surface area contributed by atoms with Gasteiger partial charge in [0.25, 0.3) is 0 Å². The van der Waals surface area contributed by atoms with Crippen molar-refractivity contribution in [1.82, 2.24) is 5.32 Å². The Kier molecular flexibility index (Phi) is 4.44. The largest absolute Gasteiger partial charge is 0.371 e. The van der Waals surface area contributed by atoms with E-state index in [1.54, 1.807) is 0 Å². The predicted octanol–water partition coefficient (Wildman–Crippen LogP) is 2.93. The zero-order chi connectivity index (χ0) is 13.7. The number of nitrogens with zero attached hydrogens (tertiary/aromatic N) is 2. The maximum Gasteiger partial charge on any atom is 0.0697 e. The van der Waals surface area contributed by atoms with Crippen molar-refractivity contribution in [2.75, 3.05) is 24.5 Å². The van der Waals surface area contributed by atoms with Crippen molar-refractivity contribution in [1.29, 1.82) is 5.26 Å². The fourth-order valence-electron chi connectivity index (χ4n) is 2.48. The molecule has 102 valence electrons. The molecule has 1 aromatic rings. The lowest BCUT2D eigenvalue weighted by Gasteiger charge is -2.22. The quantitative estimate of drug-likeness (QED) is 0.881. The van der Waals surface area contributed by atoms with Gasteiger partial charge >= 0.3 is 0 Å². The van der Waals surface area contributed by atoms with Gasteiger partial charge in [0.1, 0.15) is 0 Å². The van der Waals surface area contributed by atoms with Crippen LogP contribution < -0.4 is 10.2 Å². The molecule has 3 nitrogen and oxygen atoms in total. The summed E-state index contributed by atoms with van der Waals surface area (Å²) in [5, 5.41) is 12.4. The number of nitrogens with one attached hydrogen (secondary N) is 1. The van der Waals surface area contributed by atoms with E-state index in [9.17, 15) is 0 Å². The molecule has 1 aliphatic rings. The summed E-state index contributed by atoms with van der Waals surface area (Å²) in [7, 11) is 0. The summed E-state index contributed by atoms with van der Waals surface area (Å²) in [6.45, 7) is 7.82. The summed E-state index contributed by atoms with van der Waals surface area (Å²) in [5.41, 5.74) is 2.38. The molecule has 1 N–H and O–H groups in total. The first-order valence-corrected chi connectivity index (χ1v) is 7.07. The van der Waals surface area contributed by atoms with Crippen LogP contribution in [0.3, 0.4) is 0 Å². The molecule has 0 spiro atoms. The highest BCUT2D eigenvalue weighted by Gasteiger charge is 2.17. The van der Waals surface area contributed by atoms with E-state index in [0.717, 1.165) is 13.1 Å². The van der Waals surface area contributed by atoms with Gasteiger partial charge in [-0.1, -0.05) is 18.2 Å². The van der Waals surface area contributed by atoms with Crippen molar-refractivity contribution in [2.24, 2.45) is 5.41 Å². The molecule has 0 unspecified atom stereocenters. The molecule has 2 rings (SSSR count).